The van der Waals surface area contributed by atoms with Crippen LogP contribution in [0.2, 0.25) is 18.1 Å². The molecule has 6 nitrogen and oxygen atoms in total. The van der Waals surface area contributed by atoms with E-state index in [0.717, 1.165) is 22.4 Å². The van der Waals surface area contributed by atoms with Gasteiger partial charge in [0.2, 0.25) is 0 Å². The molecule has 8 heteroatoms. The molecule has 0 saturated carbocycles. The first kappa shape index (κ1) is 26.5. The summed E-state index contributed by atoms with van der Waals surface area (Å²) < 4.78 is 13.2. The van der Waals surface area contributed by atoms with Crippen LogP contribution in [0.3, 0.4) is 0 Å². The second kappa shape index (κ2) is 9.15. The maximum absolute atomic E-state index is 12.7. The van der Waals surface area contributed by atoms with E-state index in [0.29, 0.717) is 25.6 Å². The minimum Gasteiger partial charge on any atom is -0.444 e. The Morgan fingerprint density at radius 1 is 1.24 bits per heavy atom. The third kappa shape index (κ3) is 5.43. The predicted molar refractivity (Wildman–Crippen MR) is 140 cm³/mol. The lowest BCUT2D eigenvalue weighted by atomic mass is 9.99. The first-order valence-corrected chi connectivity index (χ1v) is 15.8. The van der Waals surface area contributed by atoms with Gasteiger partial charge in [-0.25, -0.2) is 9.78 Å². The SMILES string of the molecule is CC(C)C(C)(C)[Si](C)(C)OCc1nc2c(cc1Br)C[C@@H]1CN(C(=O)OC(C)(C)C)C[C@@H](C)N21. The highest BCUT2D eigenvalue weighted by Crippen LogP contribution is 2.45. The third-order valence-electron chi connectivity index (χ3n) is 7.81. The molecule has 0 bridgehead atoms. The quantitative estimate of drug-likeness (QED) is 0.406. The fraction of sp³-hybridized carbons (Fsp3) is 0.760. The van der Waals surface area contributed by atoms with Gasteiger partial charge >= 0.3 is 6.09 Å². The Morgan fingerprint density at radius 3 is 2.45 bits per heavy atom. The summed E-state index contributed by atoms with van der Waals surface area (Å²) in [6.07, 6.45) is 0.653. The predicted octanol–water partition coefficient (Wildman–Crippen LogP) is 6.37. The Kier molecular flexibility index (Phi) is 7.34. The lowest BCUT2D eigenvalue weighted by Crippen LogP contribution is -2.58. The van der Waals surface area contributed by atoms with Crippen molar-refractivity contribution in [1.29, 1.82) is 0 Å². The van der Waals surface area contributed by atoms with Crippen LogP contribution >= 0.6 is 15.9 Å². The molecule has 3 rings (SSSR count). The van der Waals surface area contributed by atoms with Gasteiger partial charge in [-0.2, -0.15) is 0 Å². The summed E-state index contributed by atoms with van der Waals surface area (Å²) >= 11 is 3.75. The van der Waals surface area contributed by atoms with Gasteiger partial charge in [-0.15, -0.1) is 0 Å². The number of pyridine rings is 1. The van der Waals surface area contributed by atoms with Gasteiger partial charge in [0.05, 0.1) is 18.3 Å². The average Bonchev–Trinajstić information content (AvgIpc) is 3.01. The van der Waals surface area contributed by atoms with Crippen LogP contribution in [0.15, 0.2) is 10.5 Å². The molecule has 1 amide bonds. The highest BCUT2D eigenvalue weighted by molar-refractivity contribution is 9.10. The van der Waals surface area contributed by atoms with Crippen molar-refractivity contribution >= 4 is 36.2 Å². The molecule has 0 radical (unpaired) electrons. The van der Waals surface area contributed by atoms with E-state index in [1.807, 2.05) is 25.7 Å². The number of carbonyl (C=O) groups is 1. The number of carbonyl (C=O) groups excluding carboxylic acids is 1. The highest BCUT2D eigenvalue weighted by Gasteiger charge is 2.44. The van der Waals surface area contributed by atoms with Gasteiger partial charge in [0.15, 0.2) is 8.32 Å². The van der Waals surface area contributed by atoms with Crippen molar-refractivity contribution in [3.8, 4) is 0 Å². The van der Waals surface area contributed by atoms with Crippen LogP contribution in [-0.2, 0) is 22.2 Å². The van der Waals surface area contributed by atoms with Crippen molar-refractivity contribution in [2.24, 2.45) is 5.92 Å². The number of anilines is 1. The number of hydrogen-bond donors (Lipinski definition) is 0. The number of piperazine rings is 1. The molecule has 33 heavy (non-hydrogen) atoms. The molecule has 2 aliphatic heterocycles. The second-order valence-electron chi connectivity index (χ2n) is 12.1. The topological polar surface area (TPSA) is 54.9 Å². The summed E-state index contributed by atoms with van der Waals surface area (Å²) in [5, 5.41) is 0.161. The lowest BCUT2D eigenvalue weighted by Gasteiger charge is -2.43. The summed E-state index contributed by atoms with van der Waals surface area (Å²) in [6, 6.07) is 2.59. The molecule has 0 unspecified atom stereocenters. The van der Waals surface area contributed by atoms with Crippen LogP contribution in [0.1, 0.15) is 66.6 Å². The first-order chi connectivity index (χ1) is 15.0. The smallest absolute Gasteiger partial charge is 0.410 e. The molecule has 0 aromatic carbocycles. The second-order valence-corrected chi connectivity index (χ2v) is 17.5. The first-order valence-electron chi connectivity index (χ1n) is 12.1. The minimum absolute atomic E-state index is 0.161. The summed E-state index contributed by atoms with van der Waals surface area (Å²) in [5.41, 5.74) is 1.70. The summed E-state index contributed by atoms with van der Waals surface area (Å²) in [5.74, 6) is 1.60. The maximum atomic E-state index is 12.7. The molecular weight excluding hydrogens is 498 g/mol. The van der Waals surface area contributed by atoms with Gasteiger partial charge in [0.1, 0.15) is 11.4 Å². The van der Waals surface area contributed by atoms with Crippen molar-refractivity contribution < 1.29 is 14.0 Å². The molecular formula is C25H42BrN3O3Si. The van der Waals surface area contributed by atoms with E-state index in [2.05, 4.69) is 74.6 Å². The van der Waals surface area contributed by atoms with Crippen LogP contribution in [0.25, 0.3) is 0 Å². The van der Waals surface area contributed by atoms with Crippen molar-refractivity contribution in [3.63, 3.8) is 0 Å². The largest absolute Gasteiger partial charge is 0.444 e. The van der Waals surface area contributed by atoms with E-state index in [1.165, 1.54) is 5.56 Å². The zero-order valence-corrected chi connectivity index (χ0v) is 24.7. The Bertz CT molecular complexity index is 898. The van der Waals surface area contributed by atoms with Gasteiger partial charge in [-0.1, -0.05) is 27.7 Å². The molecule has 2 atom stereocenters. The number of fused-ring (bicyclic) bond motifs is 3. The van der Waals surface area contributed by atoms with Crippen LogP contribution in [0, 0.1) is 5.92 Å². The zero-order chi connectivity index (χ0) is 24.9. The molecule has 3 heterocycles. The number of ether oxygens (including phenoxy) is 1. The Balaban J connectivity index is 1.77. The van der Waals surface area contributed by atoms with E-state index in [9.17, 15) is 4.79 Å². The number of hydrogen-bond acceptors (Lipinski definition) is 5. The Labute approximate surface area is 209 Å². The number of halogens is 1. The fourth-order valence-corrected chi connectivity index (χ4v) is 7.36. The van der Waals surface area contributed by atoms with Gasteiger partial charge in [-0.3, -0.25) is 0 Å². The van der Waals surface area contributed by atoms with Crippen LogP contribution in [0.5, 0.6) is 0 Å². The third-order valence-corrected chi connectivity index (χ3v) is 13.0. The van der Waals surface area contributed by atoms with E-state index >= 15 is 0 Å². The van der Waals surface area contributed by atoms with E-state index in [4.69, 9.17) is 14.1 Å². The molecule has 1 aromatic heterocycles. The summed E-state index contributed by atoms with van der Waals surface area (Å²) in [6.45, 7) is 23.5. The summed E-state index contributed by atoms with van der Waals surface area (Å²) in [7, 11) is -1.95. The van der Waals surface area contributed by atoms with E-state index < -0.39 is 13.9 Å². The van der Waals surface area contributed by atoms with Gasteiger partial charge < -0.3 is 19.0 Å². The molecule has 2 aliphatic rings. The molecule has 186 valence electrons. The number of aromatic nitrogens is 1. The van der Waals surface area contributed by atoms with E-state index in [1.54, 1.807) is 0 Å². The molecule has 0 spiro atoms. The van der Waals surface area contributed by atoms with Crippen molar-refractivity contribution in [2.45, 2.75) is 104 Å². The minimum atomic E-state index is -1.95. The zero-order valence-electron chi connectivity index (χ0n) is 22.1. The van der Waals surface area contributed by atoms with Gasteiger partial charge in [0, 0.05) is 23.6 Å². The molecule has 0 N–H and O–H groups in total. The van der Waals surface area contributed by atoms with Crippen LogP contribution in [-0.4, -0.2) is 55.1 Å². The van der Waals surface area contributed by atoms with Crippen molar-refractivity contribution in [2.75, 3.05) is 18.0 Å². The Hall–Kier alpha value is -1.12. The Morgan fingerprint density at radius 2 is 1.88 bits per heavy atom. The van der Waals surface area contributed by atoms with Crippen molar-refractivity contribution in [1.82, 2.24) is 9.88 Å². The molecule has 1 fully saturated rings. The monoisotopic (exact) mass is 539 g/mol. The standard InChI is InChI=1S/C25H42BrN3O3Si/c1-16(2)25(7,8)33(9,10)31-15-21-20(26)12-18-11-19-14-28(23(30)32-24(4,5)6)13-17(3)29(19)22(18)27-21/h12,16-17,19H,11,13-15H2,1-10H3/t17-,19-/m1/s1. The van der Waals surface area contributed by atoms with E-state index in [-0.39, 0.29) is 23.2 Å². The number of rotatable bonds is 5. The van der Waals surface area contributed by atoms with Gasteiger partial charge in [-0.05, 0) is 85.7 Å². The highest BCUT2D eigenvalue weighted by atomic mass is 79.9. The van der Waals surface area contributed by atoms with Crippen molar-refractivity contribution in [3.05, 3.63) is 21.8 Å². The van der Waals surface area contributed by atoms with Crippen LogP contribution in [0.4, 0.5) is 10.6 Å². The molecule has 1 aromatic rings. The van der Waals surface area contributed by atoms with Crippen LogP contribution < -0.4 is 4.90 Å². The lowest BCUT2D eigenvalue weighted by molar-refractivity contribution is 0.0191. The van der Waals surface area contributed by atoms with Gasteiger partial charge in [0.25, 0.3) is 0 Å². The fourth-order valence-electron chi connectivity index (χ4n) is 4.62. The molecule has 0 aliphatic carbocycles. The average molecular weight is 541 g/mol. The molecule has 1 saturated heterocycles. The maximum Gasteiger partial charge on any atom is 0.410 e. The number of nitrogens with zero attached hydrogens (tertiary/aromatic N) is 3. The number of amides is 1. The summed E-state index contributed by atoms with van der Waals surface area (Å²) in [4.78, 5) is 22.0. The normalized spacial score (nSPS) is 21.3.